The first-order valence-electron chi connectivity index (χ1n) is 6.80. The Bertz CT molecular complexity index is 756. The first-order chi connectivity index (χ1) is 10.3. The minimum Gasteiger partial charge on any atom is -0.494 e. The quantitative estimate of drug-likeness (QED) is 0.733. The number of aromatic nitrogens is 1. The van der Waals surface area contributed by atoms with Gasteiger partial charge in [-0.3, -0.25) is 4.98 Å². The Morgan fingerprint density at radius 2 is 1.90 bits per heavy atom. The van der Waals surface area contributed by atoms with E-state index in [1.54, 1.807) is 6.20 Å². The molecule has 106 valence electrons. The Kier molecular flexibility index (Phi) is 3.93. The molecular weight excluding hydrogens is 284 g/mol. The number of fused-ring (bicyclic) bond motifs is 1. The van der Waals surface area contributed by atoms with E-state index < -0.39 is 0 Å². The Morgan fingerprint density at radius 1 is 1.10 bits per heavy atom. The molecule has 0 radical (unpaired) electrons. The highest BCUT2D eigenvalue weighted by Crippen LogP contribution is 2.28. The van der Waals surface area contributed by atoms with Gasteiger partial charge in [0.25, 0.3) is 0 Å². The third kappa shape index (κ3) is 3.09. The van der Waals surface area contributed by atoms with Gasteiger partial charge in [-0.05, 0) is 55.5 Å². The van der Waals surface area contributed by atoms with Crippen LogP contribution in [-0.4, -0.2) is 11.6 Å². The van der Waals surface area contributed by atoms with Gasteiger partial charge < -0.3 is 10.1 Å². The summed E-state index contributed by atoms with van der Waals surface area (Å²) in [6, 6.07) is 15.5. The Hall–Kier alpha value is -2.26. The largest absolute Gasteiger partial charge is 0.494 e. The molecule has 3 aromatic rings. The molecule has 21 heavy (non-hydrogen) atoms. The SMILES string of the molecule is CCOc1ccc(Nc2ccnc3ccc(Cl)cc23)cc1. The third-order valence-electron chi connectivity index (χ3n) is 3.15. The van der Waals surface area contributed by atoms with Crippen LogP contribution in [0.1, 0.15) is 6.92 Å². The van der Waals surface area contributed by atoms with Crippen molar-refractivity contribution in [3.05, 3.63) is 59.8 Å². The van der Waals surface area contributed by atoms with E-state index in [4.69, 9.17) is 16.3 Å². The molecule has 0 aliphatic carbocycles. The monoisotopic (exact) mass is 298 g/mol. The lowest BCUT2D eigenvalue weighted by molar-refractivity contribution is 0.340. The molecule has 0 aliphatic heterocycles. The predicted octanol–water partition coefficient (Wildman–Crippen LogP) is 5.03. The first-order valence-corrected chi connectivity index (χ1v) is 7.18. The average Bonchev–Trinajstić information content (AvgIpc) is 2.50. The van der Waals surface area contributed by atoms with Crippen LogP contribution < -0.4 is 10.1 Å². The molecule has 0 atom stereocenters. The highest BCUT2D eigenvalue weighted by atomic mass is 35.5. The molecule has 4 heteroatoms. The van der Waals surface area contributed by atoms with Gasteiger partial charge in [0.2, 0.25) is 0 Å². The lowest BCUT2D eigenvalue weighted by Gasteiger charge is -2.10. The van der Waals surface area contributed by atoms with Crippen LogP contribution in [0.4, 0.5) is 11.4 Å². The number of hydrogen-bond acceptors (Lipinski definition) is 3. The smallest absolute Gasteiger partial charge is 0.119 e. The van der Waals surface area contributed by atoms with Gasteiger partial charge in [-0.15, -0.1) is 0 Å². The van der Waals surface area contributed by atoms with E-state index >= 15 is 0 Å². The van der Waals surface area contributed by atoms with E-state index in [1.165, 1.54) is 0 Å². The normalized spacial score (nSPS) is 10.6. The van der Waals surface area contributed by atoms with Crippen molar-refractivity contribution in [2.45, 2.75) is 6.92 Å². The van der Waals surface area contributed by atoms with Crippen LogP contribution in [0, 0.1) is 0 Å². The maximum absolute atomic E-state index is 6.08. The van der Waals surface area contributed by atoms with Crippen molar-refractivity contribution in [3.63, 3.8) is 0 Å². The zero-order chi connectivity index (χ0) is 14.7. The van der Waals surface area contributed by atoms with E-state index in [-0.39, 0.29) is 0 Å². The molecule has 0 saturated heterocycles. The number of nitrogens with one attached hydrogen (secondary N) is 1. The number of hydrogen-bond donors (Lipinski definition) is 1. The van der Waals surface area contributed by atoms with Gasteiger partial charge in [-0.25, -0.2) is 0 Å². The highest BCUT2D eigenvalue weighted by molar-refractivity contribution is 6.31. The molecule has 0 amide bonds. The van der Waals surface area contributed by atoms with Crippen molar-refractivity contribution in [2.75, 3.05) is 11.9 Å². The molecule has 1 aromatic heterocycles. The fourth-order valence-corrected chi connectivity index (χ4v) is 2.36. The number of ether oxygens (including phenoxy) is 1. The number of benzene rings is 2. The van der Waals surface area contributed by atoms with Gasteiger partial charge in [0.1, 0.15) is 5.75 Å². The molecule has 0 fully saturated rings. The molecule has 3 rings (SSSR count). The zero-order valence-electron chi connectivity index (χ0n) is 11.6. The van der Waals surface area contributed by atoms with E-state index in [1.807, 2.05) is 55.5 Å². The van der Waals surface area contributed by atoms with Crippen molar-refractivity contribution in [1.29, 1.82) is 0 Å². The molecule has 0 bridgehead atoms. The van der Waals surface area contributed by atoms with Crippen LogP contribution in [0.15, 0.2) is 54.7 Å². The van der Waals surface area contributed by atoms with Crippen LogP contribution in [0.2, 0.25) is 5.02 Å². The summed E-state index contributed by atoms with van der Waals surface area (Å²) in [5.74, 6) is 0.866. The maximum atomic E-state index is 6.08. The minimum absolute atomic E-state index is 0.667. The highest BCUT2D eigenvalue weighted by Gasteiger charge is 2.03. The summed E-state index contributed by atoms with van der Waals surface area (Å²) in [6.45, 7) is 2.64. The molecular formula is C17H15ClN2O. The van der Waals surface area contributed by atoms with Gasteiger partial charge in [0, 0.05) is 28.0 Å². The average molecular weight is 299 g/mol. The van der Waals surface area contributed by atoms with Crippen molar-refractivity contribution in [3.8, 4) is 5.75 Å². The van der Waals surface area contributed by atoms with Crippen molar-refractivity contribution < 1.29 is 4.74 Å². The summed E-state index contributed by atoms with van der Waals surface area (Å²) in [6.07, 6.45) is 1.78. The summed E-state index contributed by atoms with van der Waals surface area (Å²) in [4.78, 5) is 4.34. The van der Waals surface area contributed by atoms with E-state index in [2.05, 4.69) is 10.3 Å². The number of halogens is 1. The van der Waals surface area contributed by atoms with E-state index in [0.29, 0.717) is 11.6 Å². The second-order valence-corrected chi connectivity index (χ2v) is 5.04. The summed E-state index contributed by atoms with van der Waals surface area (Å²) in [5.41, 5.74) is 2.88. The Labute approximate surface area is 128 Å². The molecule has 0 saturated carbocycles. The van der Waals surface area contributed by atoms with Gasteiger partial charge in [0.15, 0.2) is 0 Å². The summed E-state index contributed by atoms with van der Waals surface area (Å²) >= 11 is 6.08. The van der Waals surface area contributed by atoms with Crippen LogP contribution in [0.25, 0.3) is 10.9 Å². The second kappa shape index (κ2) is 6.02. The Morgan fingerprint density at radius 3 is 2.67 bits per heavy atom. The van der Waals surface area contributed by atoms with E-state index in [9.17, 15) is 0 Å². The molecule has 3 nitrogen and oxygen atoms in total. The first kappa shape index (κ1) is 13.7. The number of nitrogens with zero attached hydrogens (tertiary/aromatic N) is 1. The maximum Gasteiger partial charge on any atom is 0.119 e. The lowest BCUT2D eigenvalue weighted by atomic mass is 10.2. The van der Waals surface area contributed by atoms with Gasteiger partial charge >= 0.3 is 0 Å². The molecule has 0 aliphatic rings. The molecule has 2 aromatic carbocycles. The van der Waals surface area contributed by atoms with Crippen molar-refractivity contribution in [2.24, 2.45) is 0 Å². The number of pyridine rings is 1. The van der Waals surface area contributed by atoms with Gasteiger partial charge in [-0.1, -0.05) is 11.6 Å². The van der Waals surface area contributed by atoms with Crippen LogP contribution in [-0.2, 0) is 0 Å². The van der Waals surface area contributed by atoms with Gasteiger partial charge in [-0.2, -0.15) is 0 Å². The van der Waals surface area contributed by atoms with Crippen molar-refractivity contribution >= 4 is 33.9 Å². The molecule has 1 N–H and O–H groups in total. The molecule has 0 unspecified atom stereocenters. The van der Waals surface area contributed by atoms with E-state index in [0.717, 1.165) is 28.0 Å². The summed E-state index contributed by atoms with van der Waals surface area (Å²) < 4.78 is 5.44. The van der Waals surface area contributed by atoms with Crippen molar-refractivity contribution in [1.82, 2.24) is 4.98 Å². The topological polar surface area (TPSA) is 34.1 Å². The minimum atomic E-state index is 0.667. The second-order valence-electron chi connectivity index (χ2n) is 4.60. The number of rotatable bonds is 4. The number of anilines is 2. The lowest BCUT2D eigenvalue weighted by Crippen LogP contribution is -1.94. The van der Waals surface area contributed by atoms with Crippen LogP contribution in [0.5, 0.6) is 5.75 Å². The predicted molar refractivity (Wildman–Crippen MR) is 87.6 cm³/mol. The van der Waals surface area contributed by atoms with Gasteiger partial charge in [0.05, 0.1) is 12.1 Å². The standard InChI is InChI=1S/C17H15ClN2O/c1-2-21-14-6-4-13(5-7-14)20-17-9-10-19-16-8-3-12(18)11-15(16)17/h3-11H,2H2,1H3,(H,19,20). The summed E-state index contributed by atoms with van der Waals surface area (Å²) in [5, 5.41) is 5.09. The summed E-state index contributed by atoms with van der Waals surface area (Å²) in [7, 11) is 0. The van der Waals surface area contributed by atoms with Crippen LogP contribution in [0.3, 0.4) is 0 Å². The van der Waals surface area contributed by atoms with Crippen LogP contribution >= 0.6 is 11.6 Å². The molecule has 0 spiro atoms. The fourth-order valence-electron chi connectivity index (χ4n) is 2.18. The zero-order valence-corrected chi connectivity index (χ0v) is 12.4. The Balaban J connectivity index is 1.92. The molecule has 1 heterocycles. The fraction of sp³-hybridized carbons (Fsp3) is 0.118. The third-order valence-corrected chi connectivity index (χ3v) is 3.38.